The van der Waals surface area contributed by atoms with Gasteiger partial charge in [0.05, 0.1) is 6.61 Å². The first-order chi connectivity index (χ1) is 9.83. The number of piperazine rings is 1. The van der Waals surface area contributed by atoms with Gasteiger partial charge in [-0.1, -0.05) is 19.1 Å². The molecule has 1 saturated heterocycles. The molecule has 0 amide bonds. The summed E-state index contributed by atoms with van der Waals surface area (Å²) in [6, 6.07) is 7.89. The third-order valence-electron chi connectivity index (χ3n) is 3.73. The van der Waals surface area contributed by atoms with E-state index in [1.807, 2.05) is 31.2 Å². The van der Waals surface area contributed by atoms with E-state index in [-0.39, 0.29) is 0 Å². The molecule has 0 unspecified atom stereocenters. The van der Waals surface area contributed by atoms with Crippen LogP contribution in [0, 0.1) is 0 Å². The van der Waals surface area contributed by atoms with Crippen LogP contribution in [0.25, 0.3) is 0 Å². The number of nitrogens with zero attached hydrogens (tertiary/aromatic N) is 2. The van der Waals surface area contributed by atoms with E-state index in [0.29, 0.717) is 6.61 Å². The van der Waals surface area contributed by atoms with Crippen molar-refractivity contribution in [1.82, 2.24) is 9.80 Å². The lowest BCUT2D eigenvalue weighted by Gasteiger charge is -2.33. The van der Waals surface area contributed by atoms with Crippen LogP contribution in [0.15, 0.2) is 24.3 Å². The zero-order valence-corrected chi connectivity index (χ0v) is 12.7. The average molecular weight is 278 g/mol. The molecule has 1 fully saturated rings. The molecule has 0 radical (unpaired) electrons. The molecule has 112 valence electrons. The molecule has 1 aliphatic heterocycles. The predicted octanol–water partition coefficient (Wildman–Crippen LogP) is 2.10. The molecular weight excluding hydrogens is 252 g/mol. The maximum Gasteiger partial charge on any atom is 0.161 e. The molecular formula is C16H26N2O2. The van der Waals surface area contributed by atoms with Crippen LogP contribution >= 0.6 is 0 Å². The highest BCUT2D eigenvalue weighted by atomic mass is 16.5. The average Bonchev–Trinajstić information content (AvgIpc) is 2.50. The first-order valence-electron chi connectivity index (χ1n) is 7.62. The molecule has 4 heteroatoms. The minimum absolute atomic E-state index is 0.666. The summed E-state index contributed by atoms with van der Waals surface area (Å²) in [5, 5.41) is 0. The van der Waals surface area contributed by atoms with E-state index >= 15 is 0 Å². The van der Waals surface area contributed by atoms with Crippen molar-refractivity contribution in [2.24, 2.45) is 0 Å². The summed E-state index contributed by atoms with van der Waals surface area (Å²) in [5.74, 6) is 1.69. The highest BCUT2D eigenvalue weighted by Gasteiger charge is 2.15. The van der Waals surface area contributed by atoms with Crippen molar-refractivity contribution in [3.05, 3.63) is 24.3 Å². The van der Waals surface area contributed by atoms with E-state index in [0.717, 1.165) is 44.3 Å². The van der Waals surface area contributed by atoms with E-state index in [1.54, 1.807) is 0 Å². The van der Waals surface area contributed by atoms with Gasteiger partial charge in [0, 0.05) is 32.7 Å². The molecule has 0 N–H and O–H groups in total. The number of hydrogen-bond acceptors (Lipinski definition) is 4. The summed E-state index contributed by atoms with van der Waals surface area (Å²) in [6.45, 7) is 12.4. The first kappa shape index (κ1) is 15.1. The van der Waals surface area contributed by atoms with Gasteiger partial charge in [-0.3, -0.25) is 4.90 Å². The van der Waals surface area contributed by atoms with Crippen LogP contribution in [-0.2, 0) is 0 Å². The molecule has 0 aliphatic carbocycles. The van der Waals surface area contributed by atoms with E-state index in [1.165, 1.54) is 13.1 Å². The number of para-hydroxylation sites is 2. The molecule has 1 aromatic rings. The van der Waals surface area contributed by atoms with Gasteiger partial charge in [-0.05, 0) is 25.6 Å². The number of likely N-dealkylation sites (N-methyl/N-ethyl adjacent to an activating group) is 1. The highest BCUT2D eigenvalue weighted by molar-refractivity contribution is 5.39. The number of benzene rings is 1. The summed E-state index contributed by atoms with van der Waals surface area (Å²) in [7, 11) is 0. The number of ether oxygens (including phenoxy) is 2. The lowest BCUT2D eigenvalue weighted by Crippen LogP contribution is -2.47. The third kappa shape index (κ3) is 4.39. The van der Waals surface area contributed by atoms with Gasteiger partial charge < -0.3 is 14.4 Å². The zero-order valence-electron chi connectivity index (χ0n) is 12.7. The van der Waals surface area contributed by atoms with Crippen LogP contribution in [0.4, 0.5) is 0 Å². The van der Waals surface area contributed by atoms with Crippen LogP contribution in [0.3, 0.4) is 0 Å². The maximum atomic E-state index is 5.87. The van der Waals surface area contributed by atoms with Crippen molar-refractivity contribution < 1.29 is 9.47 Å². The predicted molar refractivity (Wildman–Crippen MR) is 81.7 cm³/mol. The quantitative estimate of drug-likeness (QED) is 0.762. The van der Waals surface area contributed by atoms with Crippen molar-refractivity contribution in [2.75, 3.05) is 52.5 Å². The minimum atomic E-state index is 0.666. The molecule has 1 heterocycles. The van der Waals surface area contributed by atoms with E-state index in [4.69, 9.17) is 9.47 Å². The lowest BCUT2D eigenvalue weighted by molar-refractivity contribution is 0.120. The van der Waals surface area contributed by atoms with E-state index in [2.05, 4.69) is 16.7 Å². The van der Waals surface area contributed by atoms with Gasteiger partial charge in [0.25, 0.3) is 0 Å². The van der Waals surface area contributed by atoms with Crippen LogP contribution in [0.1, 0.15) is 13.8 Å². The van der Waals surface area contributed by atoms with Gasteiger partial charge in [-0.2, -0.15) is 0 Å². The Labute approximate surface area is 122 Å². The fourth-order valence-electron chi connectivity index (χ4n) is 2.46. The van der Waals surface area contributed by atoms with Crippen molar-refractivity contribution in [3.8, 4) is 11.5 Å². The molecule has 0 spiro atoms. The molecule has 20 heavy (non-hydrogen) atoms. The summed E-state index contributed by atoms with van der Waals surface area (Å²) in [4.78, 5) is 4.96. The van der Waals surface area contributed by atoms with Gasteiger partial charge in [0.2, 0.25) is 0 Å². The molecule has 1 aromatic carbocycles. The Morgan fingerprint density at radius 1 is 0.900 bits per heavy atom. The maximum absolute atomic E-state index is 5.87. The molecule has 0 saturated carbocycles. The van der Waals surface area contributed by atoms with Crippen molar-refractivity contribution in [3.63, 3.8) is 0 Å². The fourth-order valence-corrected chi connectivity index (χ4v) is 2.46. The van der Waals surface area contributed by atoms with Gasteiger partial charge in [0.1, 0.15) is 6.61 Å². The van der Waals surface area contributed by atoms with Gasteiger partial charge in [-0.25, -0.2) is 0 Å². The normalized spacial score (nSPS) is 17.1. The Balaban J connectivity index is 1.73. The zero-order chi connectivity index (χ0) is 14.2. The number of hydrogen-bond donors (Lipinski definition) is 0. The Morgan fingerprint density at radius 3 is 2.10 bits per heavy atom. The summed E-state index contributed by atoms with van der Waals surface area (Å²) in [6.07, 6.45) is 0. The topological polar surface area (TPSA) is 24.9 Å². The third-order valence-corrected chi connectivity index (χ3v) is 3.73. The largest absolute Gasteiger partial charge is 0.490 e. The van der Waals surface area contributed by atoms with Crippen LogP contribution in [-0.4, -0.2) is 62.3 Å². The molecule has 0 aromatic heterocycles. The van der Waals surface area contributed by atoms with E-state index in [9.17, 15) is 0 Å². The minimum Gasteiger partial charge on any atom is -0.490 e. The van der Waals surface area contributed by atoms with Crippen molar-refractivity contribution >= 4 is 0 Å². The Kier molecular flexibility index (Phi) is 6.15. The SMILES string of the molecule is CCOc1ccccc1OCCN1CCN(CC)CC1. The van der Waals surface area contributed by atoms with Gasteiger partial charge in [0.15, 0.2) is 11.5 Å². The summed E-state index contributed by atoms with van der Waals surface area (Å²) < 4.78 is 11.4. The lowest BCUT2D eigenvalue weighted by atomic mass is 10.3. The van der Waals surface area contributed by atoms with Gasteiger partial charge >= 0.3 is 0 Å². The second kappa shape index (κ2) is 8.12. The summed E-state index contributed by atoms with van der Waals surface area (Å²) >= 11 is 0. The van der Waals surface area contributed by atoms with Crippen LogP contribution in [0.5, 0.6) is 11.5 Å². The fraction of sp³-hybridized carbons (Fsp3) is 0.625. The second-order valence-electron chi connectivity index (χ2n) is 5.00. The van der Waals surface area contributed by atoms with E-state index < -0.39 is 0 Å². The second-order valence-corrected chi connectivity index (χ2v) is 5.00. The van der Waals surface area contributed by atoms with Crippen LogP contribution in [0.2, 0.25) is 0 Å². The molecule has 0 atom stereocenters. The monoisotopic (exact) mass is 278 g/mol. The Bertz CT molecular complexity index is 390. The highest BCUT2D eigenvalue weighted by Crippen LogP contribution is 2.26. The van der Waals surface area contributed by atoms with Crippen molar-refractivity contribution in [2.45, 2.75) is 13.8 Å². The Morgan fingerprint density at radius 2 is 1.50 bits per heavy atom. The smallest absolute Gasteiger partial charge is 0.161 e. The number of rotatable bonds is 7. The van der Waals surface area contributed by atoms with Crippen LogP contribution < -0.4 is 9.47 Å². The van der Waals surface area contributed by atoms with Gasteiger partial charge in [-0.15, -0.1) is 0 Å². The molecule has 0 bridgehead atoms. The molecule has 1 aliphatic rings. The standard InChI is InChI=1S/C16H26N2O2/c1-3-17-9-11-18(12-10-17)13-14-20-16-8-6-5-7-15(16)19-4-2/h5-8H,3-4,9-14H2,1-2H3. The molecule has 4 nitrogen and oxygen atoms in total. The summed E-state index contributed by atoms with van der Waals surface area (Å²) in [5.41, 5.74) is 0. The molecule has 2 rings (SSSR count). The first-order valence-corrected chi connectivity index (χ1v) is 7.62. The Hall–Kier alpha value is -1.26. The van der Waals surface area contributed by atoms with Crippen molar-refractivity contribution in [1.29, 1.82) is 0 Å².